The maximum atomic E-state index is 12.7. The Balaban J connectivity index is 1.54. The van der Waals surface area contributed by atoms with Gasteiger partial charge in [0.1, 0.15) is 0 Å². The second-order valence-corrected chi connectivity index (χ2v) is 6.69. The minimum Gasteiger partial charge on any atom is -0.353 e. The van der Waals surface area contributed by atoms with Crippen molar-refractivity contribution in [1.29, 1.82) is 0 Å². The molecule has 0 aromatic carbocycles. The zero-order valence-corrected chi connectivity index (χ0v) is 13.9. The lowest BCUT2D eigenvalue weighted by molar-refractivity contribution is -0.125. The van der Waals surface area contributed by atoms with E-state index in [0.717, 1.165) is 51.1 Å². The highest BCUT2D eigenvalue weighted by atomic mass is 16.2. The van der Waals surface area contributed by atoms with Crippen molar-refractivity contribution in [1.82, 2.24) is 25.3 Å². The fourth-order valence-corrected chi connectivity index (χ4v) is 3.69. The van der Waals surface area contributed by atoms with Crippen LogP contribution in [0.2, 0.25) is 0 Å². The fourth-order valence-electron chi connectivity index (χ4n) is 3.69. The molecule has 6 nitrogen and oxygen atoms in total. The number of nitrogens with zero attached hydrogens (tertiary/aromatic N) is 3. The maximum Gasteiger partial charge on any atom is 0.225 e. The Labute approximate surface area is 137 Å². The molecule has 0 bridgehead atoms. The summed E-state index contributed by atoms with van der Waals surface area (Å²) in [6, 6.07) is 0.304. The molecule has 2 saturated heterocycles. The minimum atomic E-state index is 0.00500. The van der Waals surface area contributed by atoms with Gasteiger partial charge in [-0.2, -0.15) is 5.10 Å². The summed E-state index contributed by atoms with van der Waals surface area (Å²) in [5.74, 6) is 0.418. The van der Waals surface area contributed by atoms with Crippen LogP contribution in [-0.2, 0) is 11.8 Å². The lowest BCUT2D eigenvalue weighted by Crippen LogP contribution is -2.47. The maximum absolute atomic E-state index is 12.7. The molecule has 0 radical (unpaired) electrons. The van der Waals surface area contributed by atoms with Crippen molar-refractivity contribution in [2.24, 2.45) is 13.0 Å². The Hall–Kier alpha value is -1.66. The van der Waals surface area contributed by atoms with Gasteiger partial charge in [-0.3, -0.25) is 14.4 Å². The van der Waals surface area contributed by atoms with E-state index in [2.05, 4.69) is 27.2 Å². The number of carbonyl (C=O) groups excluding carboxylic acids is 1. The summed E-state index contributed by atoms with van der Waals surface area (Å²) in [6.45, 7) is 8.40. The van der Waals surface area contributed by atoms with Gasteiger partial charge in [-0.25, -0.2) is 0 Å². The summed E-state index contributed by atoms with van der Waals surface area (Å²) >= 11 is 0. The molecule has 1 amide bonds. The third-order valence-electron chi connectivity index (χ3n) is 5.03. The number of likely N-dealkylation sites (tertiary alicyclic amines) is 1. The molecule has 2 atom stereocenters. The molecule has 0 spiro atoms. The van der Waals surface area contributed by atoms with E-state index in [0.29, 0.717) is 6.04 Å². The van der Waals surface area contributed by atoms with Crippen LogP contribution in [0.4, 0.5) is 0 Å². The first-order chi connectivity index (χ1) is 11.2. The molecule has 3 rings (SSSR count). The summed E-state index contributed by atoms with van der Waals surface area (Å²) in [5.41, 5.74) is 1.15. The number of piperidine rings is 1. The zero-order valence-electron chi connectivity index (χ0n) is 13.9. The molecule has 126 valence electrons. The predicted octanol–water partition coefficient (Wildman–Crippen LogP) is 0.490. The molecule has 2 fully saturated rings. The summed E-state index contributed by atoms with van der Waals surface area (Å²) < 4.78 is 1.80. The number of aryl methyl sites for hydroxylation is 1. The van der Waals surface area contributed by atoms with E-state index in [4.69, 9.17) is 0 Å². The molecule has 2 aliphatic heterocycles. The monoisotopic (exact) mass is 317 g/mol. The summed E-state index contributed by atoms with van der Waals surface area (Å²) in [6.07, 6.45) is 7.90. The molecule has 2 aliphatic rings. The van der Waals surface area contributed by atoms with Crippen LogP contribution in [0.5, 0.6) is 0 Å². The van der Waals surface area contributed by atoms with Gasteiger partial charge in [0.25, 0.3) is 0 Å². The number of nitrogens with one attached hydrogen (secondary N) is 2. The molecule has 3 heterocycles. The van der Waals surface area contributed by atoms with Crippen LogP contribution in [0.3, 0.4) is 0 Å². The highest BCUT2D eigenvalue weighted by Crippen LogP contribution is 2.28. The average Bonchev–Trinajstić information content (AvgIpc) is 3.18. The van der Waals surface area contributed by atoms with E-state index in [9.17, 15) is 4.79 Å². The van der Waals surface area contributed by atoms with Crippen LogP contribution >= 0.6 is 0 Å². The van der Waals surface area contributed by atoms with Crippen LogP contribution in [0.15, 0.2) is 25.0 Å². The molecule has 0 unspecified atom stereocenters. The lowest BCUT2D eigenvalue weighted by atomic mass is 9.89. The number of rotatable bonds is 5. The SMILES string of the molecule is C=CCN1CCC(NC(=O)[C@H]2CNC[C@@H]2c2cnn(C)c2)CC1. The van der Waals surface area contributed by atoms with E-state index >= 15 is 0 Å². The summed E-state index contributed by atoms with van der Waals surface area (Å²) in [7, 11) is 1.91. The van der Waals surface area contributed by atoms with E-state index in [-0.39, 0.29) is 17.7 Å². The van der Waals surface area contributed by atoms with Crippen LogP contribution in [-0.4, -0.2) is 59.4 Å². The molecule has 1 aromatic heterocycles. The smallest absolute Gasteiger partial charge is 0.225 e. The van der Waals surface area contributed by atoms with Crippen molar-refractivity contribution < 1.29 is 4.79 Å². The second kappa shape index (κ2) is 7.27. The first kappa shape index (κ1) is 16.2. The molecule has 2 N–H and O–H groups in total. The molecular weight excluding hydrogens is 290 g/mol. The zero-order chi connectivity index (χ0) is 16.2. The molecule has 6 heteroatoms. The Morgan fingerprint density at radius 2 is 2.26 bits per heavy atom. The third-order valence-corrected chi connectivity index (χ3v) is 5.03. The number of aromatic nitrogens is 2. The topological polar surface area (TPSA) is 62.2 Å². The third kappa shape index (κ3) is 3.82. The van der Waals surface area contributed by atoms with E-state index in [1.54, 1.807) is 4.68 Å². The average molecular weight is 317 g/mol. The van der Waals surface area contributed by atoms with Crippen molar-refractivity contribution in [2.75, 3.05) is 32.7 Å². The highest BCUT2D eigenvalue weighted by molar-refractivity contribution is 5.80. The van der Waals surface area contributed by atoms with Crippen molar-refractivity contribution in [3.05, 3.63) is 30.6 Å². The van der Waals surface area contributed by atoms with Crippen molar-refractivity contribution in [3.8, 4) is 0 Å². The largest absolute Gasteiger partial charge is 0.353 e. The molecule has 23 heavy (non-hydrogen) atoms. The molecular formula is C17H27N5O. The van der Waals surface area contributed by atoms with Gasteiger partial charge in [-0.15, -0.1) is 6.58 Å². The van der Waals surface area contributed by atoms with Gasteiger partial charge in [0, 0.05) is 57.9 Å². The van der Waals surface area contributed by atoms with Gasteiger partial charge < -0.3 is 10.6 Å². The molecule has 0 aliphatic carbocycles. The Morgan fingerprint density at radius 3 is 2.91 bits per heavy atom. The van der Waals surface area contributed by atoms with Gasteiger partial charge in [0.2, 0.25) is 5.91 Å². The van der Waals surface area contributed by atoms with Crippen LogP contribution in [0, 0.1) is 5.92 Å². The van der Waals surface area contributed by atoms with Crippen LogP contribution in [0.25, 0.3) is 0 Å². The lowest BCUT2D eigenvalue weighted by Gasteiger charge is -2.32. The first-order valence-corrected chi connectivity index (χ1v) is 8.50. The van der Waals surface area contributed by atoms with Crippen LogP contribution in [0.1, 0.15) is 24.3 Å². The summed E-state index contributed by atoms with van der Waals surface area (Å²) in [5, 5.41) is 10.9. The number of hydrogen-bond donors (Lipinski definition) is 2. The highest BCUT2D eigenvalue weighted by Gasteiger charge is 2.35. The van der Waals surface area contributed by atoms with Gasteiger partial charge in [0.15, 0.2) is 0 Å². The van der Waals surface area contributed by atoms with E-state index < -0.39 is 0 Å². The predicted molar refractivity (Wildman–Crippen MR) is 90.1 cm³/mol. The standard InChI is InChI=1S/C17H27N5O/c1-3-6-22-7-4-14(5-8-22)20-17(23)16-11-18-10-15(16)13-9-19-21(2)12-13/h3,9,12,14-16,18H,1,4-8,10-11H2,2H3,(H,20,23)/t15-,16+/m1/s1. The van der Waals surface area contributed by atoms with Crippen molar-refractivity contribution >= 4 is 5.91 Å². The minimum absolute atomic E-state index is 0.00500. The van der Waals surface area contributed by atoms with Crippen molar-refractivity contribution in [2.45, 2.75) is 24.8 Å². The Morgan fingerprint density at radius 1 is 1.48 bits per heavy atom. The molecule has 1 aromatic rings. The number of carbonyl (C=O) groups is 1. The van der Waals surface area contributed by atoms with Gasteiger partial charge >= 0.3 is 0 Å². The normalized spacial score (nSPS) is 26.3. The summed E-state index contributed by atoms with van der Waals surface area (Å²) in [4.78, 5) is 15.1. The van der Waals surface area contributed by atoms with Gasteiger partial charge in [-0.1, -0.05) is 6.08 Å². The van der Waals surface area contributed by atoms with E-state index in [1.165, 1.54) is 0 Å². The van der Waals surface area contributed by atoms with Crippen molar-refractivity contribution in [3.63, 3.8) is 0 Å². The molecule has 0 saturated carbocycles. The number of amides is 1. The Bertz CT molecular complexity index is 547. The van der Waals surface area contributed by atoms with Gasteiger partial charge in [-0.05, 0) is 18.4 Å². The Kier molecular flexibility index (Phi) is 5.13. The first-order valence-electron chi connectivity index (χ1n) is 8.50. The quantitative estimate of drug-likeness (QED) is 0.776. The second-order valence-electron chi connectivity index (χ2n) is 6.69. The van der Waals surface area contributed by atoms with Crippen LogP contribution < -0.4 is 10.6 Å². The van der Waals surface area contributed by atoms with E-state index in [1.807, 2.05) is 25.5 Å². The fraction of sp³-hybridized carbons (Fsp3) is 0.647. The van der Waals surface area contributed by atoms with Gasteiger partial charge in [0.05, 0.1) is 12.1 Å². The number of hydrogen-bond acceptors (Lipinski definition) is 4.